The predicted octanol–water partition coefficient (Wildman–Crippen LogP) is 1.89. The van der Waals surface area contributed by atoms with E-state index in [4.69, 9.17) is 4.99 Å². The summed E-state index contributed by atoms with van der Waals surface area (Å²) >= 11 is 0. The molecule has 1 fully saturated rings. The summed E-state index contributed by atoms with van der Waals surface area (Å²) in [4.78, 5) is 7.27. The molecule has 0 bridgehead atoms. The summed E-state index contributed by atoms with van der Waals surface area (Å²) in [6.07, 6.45) is 6.71. The summed E-state index contributed by atoms with van der Waals surface area (Å²) in [5, 5.41) is 14.8. The van der Waals surface area contributed by atoms with Crippen LogP contribution in [0.4, 0.5) is 0 Å². The quantitative estimate of drug-likeness (QED) is 0.350. The smallest absolute Gasteiger partial charge is 0.191 e. The van der Waals surface area contributed by atoms with Gasteiger partial charge in [-0.25, -0.2) is 0 Å². The molecule has 7 nitrogen and oxygen atoms in total. The van der Waals surface area contributed by atoms with Crippen LogP contribution >= 0.6 is 24.0 Å². The van der Waals surface area contributed by atoms with Crippen LogP contribution < -0.4 is 10.6 Å². The monoisotopic (exact) mass is 463 g/mol. The van der Waals surface area contributed by atoms with Crippen LogP contribution in [0.1, 0.15) is 45.9 Å². The van der Waals surface area contributed by atoms with E-state index in [0.717, 1.165) is 50.9 Å². The van der Waals surface area contributed by atoms with E-state index in [2.05, 4.69) is 51.1 Å². The van der Waals surface area contributed by atoms with E-state index in [0.29, 0.717) is 6.04 Å². The van der Waals surface area contributed by atoms with Crippen molar-refractivity contribution in [1.29, 1.82) is 0 Å². The molecule has 0 radical (unpaired) electrons. The molecule has 1 aliphatic rings. The zero-order valence-corrected chi connectivity index (χ0v) is 18.2. The molecule has 1 aliphatic heterocycles. The van der Waals surface area contributed by atoms with Crippen molar-refractivity contribution in [2.24, 2.45) is 4.99 Å². The maximum absolute atomic E-state index is 4.72. The molecular weight excluding hydrogens is 429 g/mol. The average molecular weight is 463 g/mol. The van der Waals surface area contributed by atoms with E-state index in [-0.39, 0.29) is 24.0 Å². The topological polar surface area (TPSA) is 70.4 Å². The fraction of sp³-hybridized carbons (Fsp3) is 0.824. The average Bonchev–Trinajstić information content (AvgIpc) is 3.04. The summed E-state index contributed by atoms with van der Waals surface area (Å²) in [5.41, 5.74) is 0. The first kappa shape index (κ1) is 22.1. The Morgan fingerprint density at radius 1 is 1.28 bits per heavy atom. The number of piperidine rings is 1. The van der Waals surface area contributed by atoms with Gasteiger partial charge in [0.15, 0.2) is 5.96 Å². The Hall–Kier alpha value is -0.900. The molecule has 0 aromatic carbocycles. The molecule has 1 saturated heterocycles. The third kappa shape index (κ3) is 7.47. The lowest BCUT2D eigenvalue weighted by atomic mass is 10.0. The summed E-state index contributed by atoms with van der Waals surface area (Å²) in [5.74, 6) is 1.92. The van der Waals surface area contributed by atoms with Crippen LogP contribution in [0.15, 0.2) is 11.3 Å². The Kier molecular flexibility index (Phi) is 11.0. The summed E-state index contributed by atoms with van der Waals surface area (Å²) in [6, 6.07) is 0.700. The minimum atomic E-state index is 0. The number of likely N-dealkylation sites (tertiary alicyclic amines) is 1. The van der Waals surface area contributed by atoms with Crippen molar-refractivity contribution in [2.45, 2.75) is 59.0 Å². The first-order chi connectivity index (χ1) is 11.7. The molecular formula is C17H34IN7. The van der Waals surface area contributed by atoms with Crippen molar-refractivity contribution < 1.29 is 0 Å². The minimum Gasteiger partial charge on any atom is -0.357 e. The second-order valence-electron chi connectivity index (χ2n) is 6.36. The van der Waals surface area contributed by atoms with Crippen molar-refractivity contribution in [3.8, 4) is 0 Å². The normalized spacial score (nSPS) is 18.7. The van der Waals surface area contributed by atoms with E-state index in [1.54, 1.807) is 6.33 Å². The largest absolute Gasteiger partial charge is 0.357 e. The van der Waals surface area contributed by atoms with Crippen LogP contribution in [0.5, 0.6) is 0 Å². The first-order valence-corrected chi connectivity index (χ1v) is 9.37. The third-order valence-corrected chi connectivity index (χ3v) is 4.60. The van der Waals surface area contributed by atoms with Gasteiger partial charge < -0.3 is 15.2 Å². The Morgan fingerprint density at radius 3 is 2.84 bits per heavy atom. The minimum absolute atomic E-state index is 0. The van der Waals surface area contributed by atoms with Crippen LogP contribution in [0.25, 0.3) is 0 Å². The summed E-state index contributed by atoms with van der Waals surface area (Å²) in [7, 11) is 0. The van der Waals surface area contributed by atoms with E-state index < -0.39 is 0 Å². The van der Waals surface area contributed by atoms with Gasteiger partial charge in [0.25, 0.3) is 0 Å². The molecule has 2 heterocycles. The summed E-state index contributed by atoms with van der Waals surface area (Å²) < 4.78 is 2.09. The van der Waals surface area contributed by atoms with Crippen LogP contribution in [-0.2, 0) is 13.0 Å². The fourth-order valence-corrected chi connectivity index (χ4v) is 3.16. The van der Waals surface area contributed by atoms with E-state index in [9.17, 15) is 0 Å². The molecule has 0 amide bonds. The number of aliphatic imine (C=N–C) groups is 1. The van der Waals surface area contributed by atoms with Crippen molar-refractivity contribution in [1.82, 2.24) is 30.3 Å². The van der Waals surface area contributed by atoms with Gasteiger partial charge in [-0.1, -0.05) is 13.3 Å². The lowest BCUT2D eigenvalue weighted by Crippen LogP contribution is -2.41. The van der Waals surface area contributed by atoms with Crippen LogP contribution in [0.3, 0.4) is 0 Å². The second-order valence-corrected chi connectivity index (χ2v) is 6.36. The number of rotatable bonds is 8. The molecule has 1 atom stereocenters. The molecule has 25 heavy (non-hydrogen) atoms. The van der Waals surface area contributed by atoms with Gasteiger partial charge in [0, 0.05) is 38.6 Å². The number of aryl methyl sites for hydroxylation is 1. The van der Waals surface area contributed by atoms with Crippen LogP contribution in [0, 0.1) is 0 Å². The first-order valence-electron chi connectivity index (χ1n) is 9.37. The van der Waals surface area contributed by atoms with Crippen LogP contribution in [-0.4, -0.2) is 64.4 Å². The highest BCUT2D eigenvalue weighted by atomic mass is 127. The molecule has 8 heteroatoms. The zero-order valence-electron chi connectivity index (χ0n) is 15.9. The van der Waals surface area contributed by atoms with Gasteiger partial charge >= 0.3 is 0 Å². The highest BCUT2D eigenvalue weighted by Crippen LogP contribution is 2.15. The molecule has 0 spiro atoms. The maximum Gasteiger partial charge on any atom is 0.191 e. The Bertz CT molecular complexity index is 503. The van der Waals surface area contributed by atoms with Crippen molar-refractivity contribution in [3.05, 3.63) is 12.2 Å². The molecule has 2 rings (SSSR count). The number of nitrogens with zero attached hydrogens (tertiary/aromatic N) is 5. The number of guanidine groups is 1. The summed E-state index contributed by atoms with van der Waals surface area (Å²) in [6.45, 7) is 12.2. The number of hydrogen-bond donors (Lipinski definition) is 2. The van der Waals surface area contributed by atoms with Crippen molar-refractivity contribution in [3.63, 3.8) is 0 Å². The second kappa shape index (κ2) is 12.5. The van der Waals surface area contributed by atoms with Gasteiger partial charge in [-0.3, -0.25) is 9.89 Å². The van der Waals surface area contributed by atoms with E-state index >= 15 is 0 Å². The van der Waals surface area contributed by atoms with Gasteiger partial charge in [-0.05, 0) is 33.2 Å². The Morgan fingerprint density at radius 2 is 2.12 bits per heavy atom. The van der Waals surface area contributed by atoms with E-state index in [1.807, 2.05) is 0 Å². The maximum atomic E-state index is 4.72. The van der Waals surface area contributed by atoms with Gasteiger partial charge in [0.05, 0.1) is 6.54 Å². The number of nitrogens with one attached hydrogen (secondary N) is 2. The van der Waals surface area contributed by atoms with Gasteiger partial charge in [0.2, 0.25) is 0 Å². The molecule has 144 valence electrons. The van der Waals surface area contributed by atoms with E-state index in [1.165, 1.54) is 25.8 Å². The Labute approximate surface area is 169 Å². The highest BCUT2D eigenvalue weighted by Gasteiger charge is 2.17. The predicted molar refractivity (Wildman–Crippen MR) is 114 cm³/mol. The standard InChI is InChI=1S/C17H33N7.HI/c1-4-16-22-21-14-24(16)13-10-20-17(18-5-2)19-9-12-23-11-7-6-8-15(23)3;/h14-15H,4-13H2,1-3H3,(H2,18,19,20);1H. The van der Waals surface area contributed by atoms with Crippen molar-refractivity contribution in [2.75, 3.05) is 32.7 Å². The van der Waals surface area contributed by atoms with Crippen molar-refractivity contribution >= 4 is 29.9 Å². The number of aromatic nitrogens is 3. The van der Waals surface area contributed by atoms with Gasteiger partial charge in [-0.15, -0.1) is 34.2 Å². The number of halogens is 1. The molecule has 1 unspecified atom stereocenters. The third-order valence-electron chi connectivity index (χ3n) is 4.60. The SMILES string of the molecule is CCNC(=NCCN1CCCCC1C)NCCn1cnnc1CC.I. The molecule has 0 aliphatic carbocycles. The highest BCUT2D eigenvalue weighted by molar-refractivity contribution is 14.0. The fourth-order valence-electron chi connectivity index (χ4n) is 3.16. The zero-order chi connectivity index (χ0) is 17.2. The lowest BCUT2D eigenvalue weighted by Gasteiger charge is -2.32. The van der Waals surface area contributed by atoms with Gasteiger partial charge in [0.1, 0.15) is 12.2 Å². The van der Waals surface area contributed by atoms with Gasteiger partial charge in [-0.2, -0.15) is 0 Å². The Balaban J connectivity index is 0.00000312. The number of hydrogen-bond acceptors (Lipinski definition) is 4. The lowest BCUT2D eigenvalue weighted by molar-refractivity contribution is 0.166. The molecule has 1 aromatic heterocycles. The molecule has 1 aromatic rings. The van der Waals surface area contributed by atoms with Crippen LogP contribution in [0.2, 0.25) is 0 Å². The molecule has 2 N–H and O–H groups in total. The molecule has 0 saturated carbocycles.